The first-order valence-electron chi connectivity index (χ1n) is 6.98. The van der Waals surface area contributed by atoms with Gasteiger partial charge < -0.3 is 15.8 Å². The molecule has 0 radical (unpaired) electrons. The van der Waals surface area contributed by atoms with E-state index in [-0.39, 0.29) is 17.9 Å². The van der Waals surface area contributed by atoms with Gasteiger partial charge in [0.15, 0.2) is 0 Å². The molecule has 0 saturated carbocycles. The molecular weight excluding hydrogens is 268 g/mol. The first-order valence-corrected chi connectivity index (χ1v) is 6.98. The standard InChI is InChI=1S/C16H24N2O3/c1-11(18-14(19)13(17)16(2,3)4)15(20)21-10-12-8-6-5-7-9-12/h5-9,11,13H,10,17H2,1-4H3,(H,18,19). The third-order valence-electron chi connectivity index (χ3n) is 3.15. The molecule has 0 aliphatic heterocycles. The summed E-state index contributed by atoms with van der Waals surface area (Å²) in [5, 5.41) is 2.58. The number of ether oxygens (including phenoxy) is 1. The maximum Gasteiger partial charge on any atom is 0.328 e. The van der Waals surface area contributed by atoms with E-state index in [1.54, 1.807) is 6.92 Å². The van der Waals surface area contributed by atoms with Gasteiger partial charge in [-0.05, 0) is 17.9 Å². The largest absolute Gasteiger partial charge is 0.459 e. The minimum Gasteiger partial charge on any atom is -0.459 e. The van der Waals surface area contributed by atoms with Crippen LogP contribution in [0.2, 0.25) is 0 Å². The Morgan fingerprint density at radius 2 is 1.81 bits per heavy atom. The lowest BCUT2D eigenvalue weighted by molar-refractivity contribution is -0.149. The van der Waals surface area contributed by atoms with Crippen molar-refractivity contribution < 1.29 is 14.3 Å². The predicted octanol–water partition coefficient (Wildman–Crippen LogP) is 1.61. The van der Waals surface area contributed by atoms with Gasteiger partial charge in [-0.1, -0.05) is 51.1 Å². The topological polar surface area (TPSA) is 81.4 Å². The number of hydrogen-bond acceptors (Lipinski definition) is 4. The smallest absolute Gasteiger partial charge is 0.328 e. The second kappa shape index (κ2) is 7.22. The summed E-state index contributed by atoms with van der Waals surface area (Å²) in [4.78, 5) is 23.8. The lowest BCUT2D eigenvalue weighted by Gasteiger charge is -2.26. The van der Waals surface area contributed by atoms with Crippen molar-refractivity contribution in [3.05, 3.63) is 35.9 Å². The van der Waals surface area contributed by atoms with Gasteiger partial charge >= 0.3 is 5.97 Å². The average Bonchev–Trinajstić information content (AvgIpc) is 2.43. The molecule has 0 aliphatic carbocycles. The Balaban J connectivity index is 2.46. The van der Waals surface area contributed by atoms with Gasteiger partial charge in [-0.15, -0.1) is 0 Å². The fourth-order valence-electron chi connectivity index (χ4n) is 1.61. The monoisotopic (exact) mass is 292 g/mol. The number of nitrogens with two attached hydrogens (primary N) is 1. The van der Waals surface area contributed by atoms with Gasteiger partial charge in [0.25, 0.3) is 0 Å². The molecule has 1 aromatic rings. The number of hydrogen-bond donors (Lipinski definition) is 2. The van der Waals surface area contributed by atoms with Crippen molar-refractivity contribution in [1.82, 2.24) is 5.32 Å². The van der Waals surface area contributed by atoms with Crippen molar-refractivity contribution in [3.8, 4) is 0 Å². The molecule has 0 bridgehead atoms. The van der Waals surface area contributed by atoms with E-state index in [0.29, 0.717) is 0 Å². The van der Waals surface area contributed by atoms with Crippen molar-refractivity contribution in [2.24, 2.45) is 11.1 Å². The average molecular weight is 292 g/mol. The Kier molecular flexibility index (Phi) is 5.90. The minimum absolute atomic E-state index is 0.186. The van der Waals surface area contributed by atoms with Gasteiger partial charge in [-0.3, -0.25) is 4.79 Å². The van der Waals surface area contributed by atoms with Crippen LogP contribution < -0.4 is 11.1 Å². The summed E-state index contributed by atoms with van der Waals surface area (Å²) in [5.74, 6) is -0.833. The van der Waals surface area contributed by atoms with Crippen LogP contribution in [0.25, 0.3) is 0 Å². The zero-order valence-electron chi connectivity index (χ0n) is 13.1. The van der Waals surface area contributed by atoms with Crippen LogP contribution in [0, 0.1) is 5.41 Å². The summed E-state index contributed by atoms with van der Waals surface area (Å²) in [6.45, 7) is 7.38. The zero-order chi connectivity index (χ0) is 16.0. The molecule has 0 fully saturated rings. The summed E-state index contributed by atoms with van der Waals surface area (Å²) >= 11 is 0. The molecule has 5 nitrogen and oxygen atoms in total. The highest BCUT2D eigenvalue weighted by Crippen LogP contribution is 2.17. The van der Waals surface area contributed by atoms with E-state index in [2.05, 4.69) is 5.32 Å². The third-order valence-corrected chi connectivity index (χ3v) is 3.15. The summed E-state index contributed by atoms with van der Waals surface area (Å²) in [5.41, 5.74) is 6.38. The highest BCUT2D eigenvalue weighted by Gasteiger charge is 2.29. The fraction of sp³-hybridized carbons (Fsp3) is 0.500. The lowest BCUT2D eigenvalue weighted by Crippen LogP contribution is -2.52. The summed E-state index contributed by atoms with van der Waals surface area (Å²) in [6, 6.07) is 7.96. The molecular formula is C16H24N2O3. The van der Waals surface area contributed by atoms with Gasteiger partial charge in [-0.2, -0.15) is 0 Å². The number of carbonyl (C=O) groups excluding carboxylic acids is 2. The Morgan fingerprint density at radius 3 is 2.33 bits per heavy atom. The van der Waals surface area contributed by atoms with E-state index < -0.39 is 18.1 Å². The number of carbonyl (C=O) groups is 2. The molecule has 1 amide bonds. The second-order valence-electron chi connectivity index (χ2n) is 6.17. The van der Waals surface area contributed by atoms with E-state index in [9.17, 15) is 9.59 Å². The quantitative estimate of drug-likeness (QED) is 0.808. The molecule has 1 rings (SSSR count). The SMILES string of the molecule is CC(NC(=O)C(N)C(C)(C)C)C(=O)OCc1ccccc1. The number of rotatable bonds is 5. The van der Waals surface area contributed by atoms with Crippen molar-refractivity contribution in [2.75, 3.05) is 0 Å². The van der Waals surface area contributed by atoms with Crippen LogP contribution in [0.5, 0.6) is 0 Å². The number of amides is 1. The van der Waals surface area contributed by atoms with Crippen LogP contribution in [0.4, 0.5) is 0 Å². The summed E-state index contributed by atoms with van der Waals surface area (Å²) < 4.78 is 5.16. The highest BCUT2D eigenvalue weighted by molar-refractivity contribution is 5.87. The van der Waals surface area contributed by atoms with Crippen molar-refractivity contribution in [2.45, 2.75) is 46.4 Å². The molecule has 0 heterocycles. The van der Waals surface area contributed by atoms with Gasteiger partial charge in [-0.25, -0.2) is 4.79 Å². The molecule has 2 atom stereocenters. The molecule has 0 aromatic heterocycles. The van der Waals surface area contributed by atoms with Crippen LogP contribution in [-0.2, 0) is 20.9 Å². The Labute approximate surface area is 125 Å². The molecule has 5 heteroatoms. The molecule has 2 unspecified atom stereocenters. The summed E-state index contributed by atoms with van der Waals surface area (Å²) in [7, 11) is 0. The Bertz CT molecular complexity index is 480. The zero-order valence-corrected chi connectivity index (χ0v) is 13.1. The number of esters is 1. The summed E-state index contributed by atoms with van der Waals surface area (Å²) in [6.07, 6.45) is 0. The van der Waals surface area contributed by atoms with Crippen LogP contribution in [0.15, 0.2) is 30.3 Å². The second-order valence-corrected chi connectivity index (χ2v) is 6.17. The molecule has 0 spiro atoms. The third kappa shape index (κ3) is 5.55. The maximum atomic E-state index is 11.9. The first-order chi connectivity index (χ1) is 9.71. The van der Waals surface area contributed by atoms with Crippen molar-refractivity contribution >= 4 is 11.9 Å². The molecule has 0 aliphatic rings. The predicted molar refractivity (Wildman–Crippen MR) is 81.3 cm³/mol. The number of benzene rings is 1. The van der Waals surface area contributed by atoms with Crippen molar-refractivity contribution in [1.29, 1.82) is 0 Å². The number of nitrogens with one attached hydrogen (secondary N) is 1. The van der Waals surface area contributed by atoms with E-state index in [1.165, 1.54) is 0 Å². The molecule has 0 saturated heterocycles. The van der Waals surface area contributed by atoms with Gasteiger partial charge in [0.05, 0.1) is 6.04 Å². The Morgan fingerprint density at radius 1 is 1.24 bits per heavy atom. The lowest BCUT2D eigenvalue weighted by atomic mass is 9.87. The van der Waals surface area contributed by atoms with E-state index in [1.807, 2.05) is 51.1 Å². The molecule has 116 valence electrons. The van der Waals surface area contributed by atoms with E-state index in [4.69, 9.17) is 10.5 Å². The van der Waals surface area contributed by atoms with Crippen molar-refractivity contribution in [3.63, 3.8) is 0 Å². The van der Waals surface area contributed by atoms with Crippen LogP contribution in [0.1, 0.15) is 33.3 Å². The van der Waals surface area contributed by atoms with E-state index in [0.717, 1.165) is 5.56 Å². The molecule has 21 heavy (non-hydrogen) atoms. The molecule has 3 N–H and O–H groups in total. The minimum atomic E-state index is -0.727. The van der Waals surface area contributed by atoms with E-state index >= 15 is 0 Å². The van der Waals surface area contributed by atoms with Crippen LogP contribution >= 0.6 is 0 Å². The highest BCUT2D eigenvalue weighted by atomic mass is 16.5. The van der Waals surface area contributed by atoms with Crippen LogP contribution in [0.3, 0.4) is 0 Å². The van der Waals surface area contributed by atoms with Crippen LogP contribution in [-0.4, -0.2) is 24.0 Å². The Hall–Kier alpha value is -1.88. The normalized spacial score (nSPS) is 14.1. The van der Waals surface area contributed by atoms with Gasteiger partial charge in [0.1, 0.15) is 12.6 Å². The maximum absolute atomic E-state index is 11.9. The van der Waals surface area contributed by atoms with Gasteiger partial charge in [0.2, 0.25) is 5.91 Å². The fourth-order valence-corrected chi connectivity index (χ4v) is 1.61. The molecule has 1 aromatic carbocycles. The first kappa shape index (κ1) is 17.2. The van der Waals surface area contributed by atoms with Gasteiger partial charge in [0, 0.05) is 0 Å².